The molecule has 1 aromatic heterocycles. The van der Waals surface area contributed by atoms with Gasteiger partial charge in [-0.1, -0.05) is 30.3 Å². The van der Waals surface area contributed by atoms with Crippen LogP contribution in [0.1, 0.15) is 6.42 Å². The second-order valence-electron chi connectivity index (χ2n) is 6.39. The van der Waals surface area contributed by atoms with Gasteiger partial charge in [-0.3, -0.25) is 14.6 Å². The Balaban J connectivity index is 1.58. The van der Waals surface area contributed by atoms with E-state index in [2.05, 4.69) is 14.8 Å². The predicted molar refractivity (Wildman–Crippen MR) is 110 cm³/mol. The van der Waals surface area contributed by atoms with Crippen LogP contribution >= 0.6 is 11.5 Å². The lowest BCUT2D eigenvalue weighted by Crippen LogP contribution is -2.39. The molecule has 1 aliphatic heterocycles. The number of amides is 2. The van der Waals surface area contributed by atoms with Crippen LogP contribution in [-0.2, 0) is 9.59 Å². The van der Waals surface area contributed by atoms with Crippen LogP contribution < -0.4 is 16.1 Å². The molecule has 4 rings (SSSR count). The molecule has 9 heteroatoms. The monoisotopic (exact) mass is 409 g/mol. The second kappa shape index (κ2) is 7.80. The number of nitrogens with zero attached hydrogens (tertiary/aromatic N) is 3. The number of benzene rings is 2. The van der Waals surface area contributed by atoms with Crippen LogP contribution in [0.25, 0.3) is 11.3 Å². The number of nitrogens with two attached hydrogens (primary N) is 1. The third kappa shape index (κ3) is 3.85. The van der Waals surface area contributed by atoms with E-state index in [1.54, 1.807) is 5.38 Å². The zero-order valence-electron chi connectivity index (χ0n) is 15.1. The summed E-state index contributed by atoms with van der Waals surface area (Å²) in [7, 11) is 0. The first-order valence-electron chi connectivity index (χ1n) is 8.75. The fourth-order valence-electron chi connectivity index (χ4n) is 3.03. The van der Waals surface area contributed by atoms with Crippen LogP contribution in [0, 0.1) is 5.82 Å². The summed E-state index contributed by atoms with van der Waals surface area (Å²) >= 11 is 1.23. The Labute approximate surface area is 169 Å². The van der Waals surface area contributed by atoms with Gasteiger partial charge in [-0.25, -0.2) is 4.39 Å². The molecule has 0 saturated heterocycles. The lowest BCUT2D eigenvalue weighted by molar-refractivity contribution is -0.119. The van der Waals surface area contributed by atoms with Gasteiger partial charge < -0.3 is 11.1 Å². The number of primary amides is 1. The number of hydrogen-bond acceptors (Lipinski definition) is 6. The van der Waals surface area contributed by atoms with Crippen molar-refractivity contribution in [3.8, 4) is 11.3 Å². The normalized spacial score (nSPS) is 15.8. The van der Waals surface area contributed by atoms with Gasteiger partial charge in [-0.2, -0.15) is 9.47 Å². The maximum absolute atomic E-state index is 13.2. The zero-order valence-corrected chi connectivity index (χ0v) is 15.9. The van der Waals surface area contributed by atoms with Gasteiger partial charge in [0.25, 0.3) is 5.91 Å². The van der Waals surface area contributed by atoms with Crippen molar-refractivity contribution >= 4 is 40.4 Å². The number of hydrogen-bond donors (Lipinski definition) is 2. The molecule has 29 heavy (non-hydrogen) atoms. The Morgan fingerprint density at radius 3 is 2.55 bits per heavy atom. The Kier molecular flexibility index (Phi) is 5.05. The van der Waals surface area contributed by atoms with Crippen molar-refractivity contribution in [1.29, 1.82) is 0 Å². The first kappa shape index (κ1) is 18.8. The number of carbonyl (C=O) groups is 2. The van der Waals surface area contributed by atoms with Crippen LogP contribution in [-0.4, -0.2) is 27.9 Å². The Morgan fingerprint density at radius 1 is 1.14 bits per heavy atom. The molecule has 0 spiro atoms. The summed E-state index contributed by atoms with van der Waals surface area (Å²) in [6, 6.07) is 14.1. The molecule has 0 radical (unpaired) electrons. The molecule has 0 bridgehead atoms. The zero-order chi connectivity index (χ0) is 20.4. The van der Waals surface area contributed by atoms with Crippen molar-refractivity contribution in [2.75, 3.05) is 10.3 Å². The third-order valence-corrected chi connectivity index (χ3v) is 5.09. The highest BCUT2D eigenvalue weighted by Gasteiger charge is 2.35. The molecular weight excluding hydrogens is 393 g/mol. The van der Waals surface area contributed by atoms with E-state index >= 15 is 0 Å². The molecule has 3 N–H and O–H groups in total. The van der Waals surface area contributed by atoms with Crippen molar-refractivity contribution in [2.24, 2.45) is 10.8 Å². The summed E-state index contributed by atoms with van der Waals surface area (Å²) in [4.78, 5) is 24.7. The van der Waals surface area contributed by atoms with Gasteiger partial charge in [-0.15, -0.1) is 0 Å². The van der Waals surface area contributed by atoms with Gasteiger partial charge in [0.2, 0.25) is 5.91 Å². The largest absolute Gasteiger partial charge is 0.368 e. The number of carbonyl (C=O) groups excluding carboxylic acids is 2. The lowest BCUT2D eigenvalue weighted by atomic mass is 10.1. The van der Waals surface area contributed by atoms with Crippen molar-refractivity contribution < 1.29 is 14.0 Å². The number of halogens is 1. The van der Waals surface area contributed by atoms with Gasteiger partial charge in [-0.05, 0) is 35.8 Å². The molecule has 0 aliphatic carbocycles. The van der Waals surface area contributed by atoms with Gasteiger partial charge in [0.1, 0.15) is 23.3 Å². The smallest absolute Gasteiger partial charge is 0.272 e. The fourth-order valence-corrected chi connectivity index (χ4v) is 3.66. The maximum atomic E-state index is 13.2. The second-order valence-corrected chi connectivity index (χ2v) is 7.02. The fraction of sp³-hybridized carbons (Fsp3) is 0.100. The van der Waals surface area contributed by atoms with Gasteiger partial charge >= 0.3 is 0 Å². The maximum Gasteiger partial charge on any atom is 0.272 e. The third-order valence-electron chi connectivity index (χ3n) is 4.46. The minimum Gasteiger partial charge on any atom is -0.368 e. The van der Waals surface area contributed by atoms with Crippen molar-refractivity contribution in [3.05, 3.63) is 65.8 Å². The minimum absolute atomic E-state index is 0.0524. The van der Waals surface area contributed by atoms with Crippen molar-refractivity contribution in [3.63, 3.8) is 0 Å². The first-order chi connectivity index (χ1) is 14.0. The van der Waals surface area contributed by atoms with E-state index in [4.69, 9.17) is 5.73 Å². The van der Waals surface area contributed by atoms with Crippen molar-refractivity contribution in [1.82, 2.24) is 4.37 Å². The van der Waals surface area contributed by atoms with E-state index in [0.29, 0.717) is 17.1 Å². The number of nitrogens with one attached hydrogen (secondary N) is 1. The molecule has 1 aliphatic rings. The molecule has 0 unspecified atom stereocenters. The Hall–Kier alpha value is -3.59. The van der Waals surface area contributed by atoms with E-state index in [9.17, 15) is 14.0 Å². The van der Waals surface area contributed by atoms with E-state index in [1.165, 1.54) is 40.8 Å². The van der Waals surface area contributed by atoms with Gasteiger partial charge in [0, 0.05) is 17.4 Å². The molecule has 0 fully saturated rings. The van der Waals surface area contributed by atoms with Crippen molar-refractivity contribution in [2.45, 2.75) is 12.5 Å². The van der Waals surface area contributed by atoms with Gasteiger partial charge in [0.05, 0.1) is 11.4 Å². The highest BCUT2D eigenvalue weighted by Crippen LogP contribution is 2.29. The Bertz CT molecular complexity index is 1080. The summed E-state index contributed by atoms with van der Waals surface area (Å²) in [6.45, 7) is 0. The van der Waals surface area contributed by atoms with E-state index in [0.717, 1.165) is 5.56 Å². The standard InChI is InChI=1S/C20H16FN5O2S/c21-13-6-8-14(9-7-13)26-17(19(22)27)10-15(24-26)20(28)23-16-11-29-25-18(16)12-4-2-1-3-5-12/h1-9,11,17H,10H2,(H2,22,27)(H,23,28)/t17-/m1/s1. The quantitative estimate of drug-likeness (QED) is 0.676. The molecular formula is C20H16FN5O2S. The van der Waals surface area contributed by atoms with Crippen LogP contribution in [0.2, 0.25) is 0 Å². The Morgan fingerprint density at radius 2 is 1.86 bits per heavy atom. The van der Waals surface area contributed by atoms with Crippen LogP contribution in [0.5, 0.6) is 0 Å². The lowest BCUT2D eigenvalue weighted by Gasteiger charge is -2.20. The van der Waals surface area contributed by atoms with E-state index < -0.39 is 23.7 Å². The molecule has 146 valence electrons. The first-order valence-corrected chi connectivity index (χ1v) is 9.59. The van der Waals surface area contributed by atoms with E-state index in [-0.39, 0.29) is 12.1 Å². The molecule has 7 nitrogen and oxygen atoms in total. The molecule has 3 aromatic rings. The van der Waals surface area contributed by atoms with E-state index in [1.807, 2.05) is 30.3 Å². The highest BCUT2D eigenvalue weighted by atomic mass is 32.1. The number of hydrazone groups is 1. The number of rotatable bonds is 5. The minimum atomic E-state index is -0.824. The molecule has 1 atom stereocenters. The molecule has 0 saturated carbocycles. The molecule has 2 heterocycles. The van der Waals surface area contributed by atoms with Crippen LogP contribution in [0.4, 0.5) is 15.8 Å². The van der Waals surface area contributed by atoms with Crippen LogP contribution in [0.3, 0.4) is 0 Å². The molecule has 2 amide bonds. The average molecular weight is 409 g/mol. The molecule has 2 aromatic carbocycles. The summed E-state index contributed by atoms with van der Waals surface area (Å²) in [6.07, 6.45) is 0.0524. The predicted octanol–water partition coefficient (Wildman–Crippen LogP) is 3.01. The number of anilines is 2. The number of aromatic nitrogens is 1. The summed E-state index contributed by atoms with van der Waals surface area (Å²) in [5, 5.41) is 10.2. The topological polar surface area (TPSA) is 101 Å². The summed E-state index contributed by atoms with van der Waals surface area (Å²) in [5.74, 6) is -1.48. The summed E-state index contributed by atoms with van der Waals surface area (Å²) < 4.78 is 17.6. The average Bonchev–Trinajstić information content (AvgIpc) is 3.36. The SMILES string of the molecule is NC(=O)[C@H]1CC(C(=O)Nc2csnc2-c2ccccc2)=NN1c1ccc(F)cc1. The summed E-state index contributed by atoms with van der Waals surface area (Å²) in [5.41, 5.74) is 8.21. The highest BCUT2D eigenvalue weighted by molar-refractivity contribution is 7.04. The van der Waals surface area contributed by atoms with Crippen LogP contribution in [0.15, 0.2) is 65.1 Å². The van der Waals surface area contributed by atoms with Gasteiger partial charge in [0.15, 0.2) is 0 Å².